The van der Waals surface area contributed by atoms with E-state index in [0.717, 1.165) is 5.02 Å². The highest BCUT2D eigenvalue weighted by molar-refractivity contribution is 6.30. The van der Waals surface area contributed by atoms with Gasteiger partial charge in [0.1, 0.15) is 0 Å². The molecular formula is C15H20ClN. The van der Waals surface area contributed by atoms with Crippen molar-refractivity contribution >= 4 is 17.3 Å². The third-order valence-electron chi connectivity index (χ3n) is 4.54. The van der Waals surface area contributed by atoms with Crippen LogP contribution in [0.2, 0.25) is 5.02 Å². The van der Waals surface area contributed by atoms with E-state index in [4.69, 9.17) is 11.6 Å². The minimum atomic E-state index is 0.637. The van der Waals surface area contributed by atoms with E-state index < -0.39 is 0 Å². The summed E-state index contributed by atoms with van der Waals surface area (Å²) in [6.07, 6.45) is 8.59. The lowest BCUT2D eigenvalue weighted by atomic mass is 9.73. The van der Waals surface area contributed by atoms with Crippen LogP contribution in [0.3, 0.4) is 0 Å². The molecule has 1 saturated carbocycles. The smallest absolute Gasteiger partial charge is 0.0407 e. The Labute approximate surface area is 109 Å². The van der Waals surface area contributed by atoms with Gasteiger partial charge in [0.25, 0.3) is 0 Å². The molecule has 2 heteroatoms. The van der Waals surface area contributed by atoms with Crippen LogP contribution in [0.25, 0.3) is 0 Å². The Hall–Kier alpha value is -0.690. The average molecular weight is 250 g/mol. The molecule has 1 aliphatic carbocycles. The van der Waals surface area contributed by atoms with Crippen LogP contribution in [-0.2, 0) is 0 Å². The summed E-state index contributed by atoms with van der Waals surface area (Å²) in [5.41, 5.74) is 1.98. The molecule has 0 bridgehead atoms. The fourth-order valence-electron chi connectivity index (χ4n) is 3.52. The molecule has 1 saturated heterocycles. The number of halogens is 1. The molecule has 1 heterocycles. The van der Waals surface area contributed by atoms with Crippen LogP contribution in [0.15, 0.2) is 24.3 Å². The summed E-state index contributed by atoms with van der Waals surface area (Å²) < 4.78 is 0. The number of hydrogen-bond acceptors (Lipinski definition) is 1. The van der Waals surface area contributed by atoms with Gasteiger partial charge in [-0.3, -0.25) is 0 Å². The largest absolute Gasteiger partial charge is 0.371 e. The van der Waals surface area contributed by atoms with E-state index in [1.165, 1.54) is 57.3 Å². The van der Waals surface area contributed by atoms with Gasteiger partial charge in [-0.25, -0.2) is 0 Å². The SMILES string of the molecule is Clc1ccc(N2CCC3(CCCCC3)C2)cc1. The van der Waals surface area contributed by atoms with Gasteiger partial charge in [-0.05, 0) is 48.9 Å². The van der Waals surface area contributed by atoms with Crippen LogP contribution in [-0.4, -0.2) is 13.1 Å². The first-order valence-electron chi connectivity index (χ1n) is 6.78. The van der Waals surface area contributed by atoms with E-state index in [0.29, 0.717) is 5.41 Å². The quantitative estimate of drug-likeness (QED) is 0.708. The van der Waals surface area contributed by atoms with Crippen molar-refractivity contribution in [2.75, 3.05) is 18.0 Å². The first-order chi connectivity index (χ1) is 8.27. The second-order valence-corrected chi connectivity index (χ2v) is 6.15. The zero-order valence-corrected chi connectivity index (χ0v) is 11.0. The summed E-state index contributed by atoms with van der Waals surface area (Å²) in [7, 11) is 0. The van der Waals surface area contributed by atoms with Gasteiger partial charge in [-0.2, -0.15) is 0 Å². The molecule has 1 spiro atoms. The third kappa shape index (κ3) is 2.30. The van der Waals surface area contributed by atoms with Crippen molar-refractivity contribution < 1.29 is 0 Å². The number of hydrogen-bond donors (Lipinski definition) is 0. The number of benzene rings is 1. The molecule has 0 amide bonds. The summed E-state index contributed by atoms with van der Waals surface area (Å²) in [5.74, 6) is 0. The van der Waals surface area contributed by atoms with Gasteiger partial charge < -0.3 is 4.90 Å². The Bertz CT molecular complexity index is 378. The maximum absolute atomic E-state index is 5.94. The van der Waals surface area contributed by atoms with E-state index >= 15 is 0 Å². The van der Waals surface area contributed by atoms with E-state index in [9.17, 15) is 0 Å². The van der Waals surface area contributed by atoms with Crippen molar-refractivity contribution in [3.05, 3.63) is 29.3 Å². The second kappa shape index (κ2) is 4.53. The molecule has 0 unspecified atom stereocenters. The van der Waals surface area contributed by atoms with Gasteiger partial charge in [-0.1, -0.05) is 30.9 Å². The Kier molecular flexibility index (Phi) is 3.04. The Morgan fingerprint density at radius 2 is 1.65 bits per heavy atom. The summed E-state index contributed by atoms with van der Waals surface area (Å²) >= 11 is 5.94. The lowest BCUT2D eigenvalue weighted by Gasteiger charge is -2.33. The molecule has 2 fully saturated rings. The maximum atomic E-state index is 5.94. The predicted molar refractivity (Wildman–Crippen MR) is 73.8 cm³/mol. The van der Waals surface area contributed by atoms with Crippen LogP contribution in [0.5, 0.6) is 0 Å². The zero-order chi connectivity index (χ0) is 11.7. The molecule has 1 aromatic carbocycles. The number of anilines is 1. The number of rotatable bonds is 1. The Morgan fingerprint density at radius 1 is 0.941 bits per heavy atom. The van der Waals surface area contributed by atoms with Crippen molar-refractivity contribution in [1.82, 2.24) is 0 Å². The van der Waals surface area contributed by atoms with Gasteiger partial charge in [-0.15, -0.1) is 0 Å². The first kappa shape index (κ1) is 11.4. The molecular weight excluding hydrogens is 230 g/mol. The Morgan fingerprint density at radius 3 is 2.35 bits per heavy atom. The van der Waals surface area contributed by atoms with Crippen LogP contribution < -0.4 is 4.90 Å². The highest BCUT2D eigenvalue weighted by Gasteiger charge is 2.38. The van der Waals surface area contributed by atoms with Gasteiger partial charge in [0.05, 0.1) is 0 Å². The second-order valence-electron chi connectivity index (χ2n) is 5.71. The van der Waals surface area contributed by atoms with Gasteiger partial charge in [0.15, 0.2) is 0 Å². The first-order valence-corrected chi connectivity index (χ1v) is 7.16. The molecule has 0 aromatic heterocycles. The van der Waals surface area contributed by atoms with E-state index in [2.05, 4.69) is 17.0 Å². The predicted octanol–water partition coefficient (Wildman–Crippen LogP) is 4.50. The summed E-state index contributed by atoms with van der Waals surface area (Å²) in [4.78, 5) is 2.54. The molecule has 1 nitrogen and oxygen atoms in total. The van der Waals surface area contributed by atoms with Crippen LogP contribution in [0, 0.1) is 5.41 Å². The molecule has 92 valence electrons. The highest BCUT2D eigenvalue weighted by atomic mass is 35.5. The lowest BCUT2D eigenvalue weighted by Crippen LogP contribution is -2.29. The molecule has 3 rings (SSSR count). The lowest BCUT2D eigenvalue weighted by molar-refractivity contribution is 0.219. The summed E-state index contributed by atoms with van der Waals surface area (Å²) in [6, 6.07) is 8.32. The molecule has 1 aromatic rings. The molecule has 2 aliphatic rings. The minimum absolute atomic E-state index is 0.637. The van der Waals surface area contributed by atoms with Crippen molar-refractivity contribution in [3.63, 3.8) is 0 Å². The van der Waals surface area contributed by atoms with Crippen molar-refractivity contribution in [2.45, 2.75) is 38.5 Å². The topological polar surface area (TPSA) is 3.24 Å². The zero-order valence-electron chi connectivity index (χ0n) is 10.3. The van der Waals surface area contributed by atoms with Gasteiger partial charge in [0.2, 0.25) is 0 Å². The third-order valence-corrected chi connectivity index (χ3v) is 4.80. The molecule has 1 aliphatic heterocycles. The normalized spacial score (nSPS) is 23.2. The molecule has 0 N–H and O–H groups in total. The fourth-order valence-corrected chi connectivity index (χ4v) is 3.64. The standard InChI is InChI=1S/C15H20ClN/c16-13-4-6-14(7-5-13)17-11-10-15(12-17)8-2-1-3-9-15/h4-7H,1-3,8-12H2. The van der Waals surface area contributed by atoms with Crippen LogP contribution in [0.1, 0.15) is 38.5 Å². The van der Waals surface area contributed by atoms with E-state index in [-0.39, 0.29) is 0 Å². The molecule has 0 radical (unpaired) electrons. The number of nitrogens with zero attached hydrogens (tertiary/aromatic N) is 1. The summed E-state index contributed by atoms with van der Waals surface area (Å²) in [6.45, 7) is 2.48. The van der Waals surface area contributed by atoms with Crippen molar-refractivity contribution in [2.24, 2.45) is 5.41 Å². The van der Waals surface area contributed by atoms with E-state index in [1.807, 2.05) is 12.1 Å². The van der Waals surface area contributed by atoms with Crippen LogP contribution >= 0.6 is 11.6 Å². The minimum Gasteiger partial charge on any atom is -0.371 e. The van der Waals surface area contributed by atoms with Gasteiger partial charge in [0, 0.05) is 23.8 Å². The molecule has 0 atom stereocenters. The van der Waals surface area contributed by atoms with Crippen molar-refractivity contribution in [1.29, 1.82) is 0 Å². The summed E-state index contributed by atoms with van der Waals surface area (Å²) in [5, 5.41) is 0.834. The van der Waals surface area contributed by atoms with Gasteiger partial charge >= 0.3 is 0 Å². The average Bonchev–Trinajstić information content (AvgIpc) is 2.75. The highest BCUT2D eigenvalue weighted by Crippen LogP contribution is 2.44. The van der Waals surface area contributed by atoms with E-state index in [1.54, 1.807) is 0 Å². The van der Waals surface area contributed by atoms with Crippen LogP contribution in [0.4, 0.5) is 5.69 Å². The fraction of sp³-hybridized carbons (Fsp3) is 0.600. The Balaban J connectivity index is 1.72. The van der Waals surface area contributed by atoms with Crippen molar-refractivity contribution in [3.8, 4) is 0 Å². The molecule has 17 heavy (non-hydrogen) atoms. The monoisotopic (exact) mass is 249 g/mol. The maximum Gasteiger partial charge on any atom is 0.0407 e.